The molecule has 114 valence electrons. The van der Waals surface area contributed by atoms with Crippen LogP contribution in [-0.4, -0.2) is 16.4 Å². The zero-order valence-electron chi connectivity index (χ0n) is 12.7. The van der Waals surface area contributed by atoms with E-state index in [1.807, 2.05) is 12.1 Å². The van der Waals surface area contributed by atoms with Gasteiger partial charge in [0, 0.05) is 24.2 Å². The maximum absolute atomic E-state index is 11.2. The Hall–Kier alpha value is -2.20. The molecule has 0 spiro atoms. The highest BCUT2D eigenvalue weighted by Gasteiger charge is 2.27. The molecule has 0 saturated carbocycles. The fraction of sp³-hybridized carbons (Fsp3) is 0.333. The summed E-state index contributed by atoms with van der Waals surface area (Å²) in [6.07, 6.45) is 2.25. The van der Waals surface area contributed by atoms with E-state index >= 15 is 0 Å². The summed E-state index contributed by atoms with van der Waals surface area (Å²) < 4.78 is 0. The Morgan fingerprint density at radius 2 is 1.91 bits per heavy atom. The monoisotopic (exact) mass is 296 g/mol. The molecule has 1 saturated heterocycles. The average molecular weight is 296 g/mol. The number of nitro groups is 1. The lowest BCUT2D eigenvalue weighted by molar-refractivity contribution is -0.385. The Morgan fingerprint density at radius 3 is 2.64 bits per heavy atom. The predicted molar refractivity (Wildman–Crippen MR) is 86.7 cm³/mol. The molecule has 0 amide bonds. The van der Waals surface area contributed by atoms with E-state index in [-0.39, 0.29) is 10.6 Å². The van der Waals surface area contributed by atoms with Gasteiger partial charge in [-0.1, -0.05) is 48.0 Å². The minimum atomic E-state index is -0.285. The number of nitro benzene ring substituents is 1. The van der Waals surface area contributed by atoms with Crippen LogP contribution in [0, 0.1) is 17.0 Å². The van der Waals surface area contributed by atoms with E-state index in [1.54, 1.807) is 12.1 Å². The van der Waals surface area contributed by atoms with Crippen LogP contribution in [0.4, 0.5) is 5.69 Å². The Morgan fingerprint density at radius 1 is 1.18 bits per heavy atom. The largest absolute Gasteiger partial charge is 0.292 e. The zero-order valence-corrected chi connectivity index (χ0v) is 12.7. The van der Waals surface area contributed by atoms with E-state index in [4.69, 9.17) is 0 Å². The molecule has 0 radical (unpaired) electrons. The van der Waals surface area contributed by atoms with Crippen LogP contribution in [0.1, 0.15) is 35.6 Å². The Labute approximate surface area is 130 Å². The molecular weight excluding hydrogens is 276 g/mol. The smallest absolute Gasteiger partial charge is 0.273 e. The van der Waals surface area contributed by atoms with Gasteiger partial charge in [0.15, 0.2) is 0 Å². The maximum Gasteiger partial charge on any atom is 0.273 e. The van der Waals surface area contributed by atoms with Gasteiger partial charge in [0.1, 0.15) is 0 Å². The molecular formula is C18H20N2O2. The molecule has 0 aromatic heterocycles. The van der Waals surface area contributed by atoms with Crippen molar-refractivity contribution in [2.24, 2.45) is 0 Å². The molecule has 1 fully saturated rings. The molecule has 1 heterocycles. The molecule has 0 N–H and O–H groups in total. The number of aryl methyl sites for hydroxylation is 1. The van der Waals surface area contributed by atoms with E-state index < -0.39 is 0 Å². The number of para-hydroxylation sites is 1. The van der Waals surface area contributed by atoms with E-state index in [2.05, 4.69) is 36.1 Å². The summed E-state index contributed by atoms with van der Waals surface area (Å²) >= 11 is 0. The average Bonchev–Trinajstić information content (AvgIpc) is 2.96. The van der Waals surface area contributed by atoms with E-state index in [1.165, 1.54) is 11.1 Å². The normalized spacial score (nSPS) is 18.5. The number of rotatable bonds is 4. The Bertz CT molecular complexity index is 667. The highest BCUT2D eigenvalue weighted by Crippen LogP contribution is 2.34. The van der Waals surface area contributed by atoms with Gasteiger partial charge in [0.2, 0.25) is 0 Å². The van der Waals surface area contributed by atoms with Gasteiger partial charge in [-0.2, -0.15) is 0 Å². The summed E-state index contributed by atoms with van der Waals surface area (Å²) in [5.74, 6) is 0. The van der Waals surface area contributed by atoms with Crippen molar-refractivity contribution in [3.8, 4) is 0 Å². The second-order valence-electron chi connectivity index (χ2n) is 5.93. The van der Waals surface area contributed by atoms with Crippen molar-refractivity contribution >= 4 is 5.69 Å². The summed E-state index contributed by atoms with van der Waals surface area (Å²) in [7, 11) is 0. The van der Waals surface area contributed by atoms with Crippen LogP contribution < -0.4 is 0 Å². The first-order chi connectivity index (χ1) is 10.6. The summed E-state index contributed by atoms with van der Waals surface area (Å²) in [5, 5.41) is 11.2. The molecule has 1 aliphatic rings. The third kappa shape index (κ3) is 3.02. The van der Waals surface area contributed by atoms with Gasteiger partial charge < -0.3 is 0 Å². The standard InChI is InChI=1S/C18H20N2O2/c1-14-8-10-15(11-9-14)17-7-4-12-19(17)13-16-5-2-3-6-18(16)20(21)22/h2-3,5-6,8-11,17H,4,7,12-13H2,1H3. The number of likely N-dealkylation sites (tertiary alicyclic amines) is 1. The van der Waals surface area contributed by atoms with Gasteiger partial charge >= 0.3 is 0 Å². The molecule has 2 aromatic carbocycles. The topological polar surface area (TPSA) is 46.4 Å². The second kappa shape index (κ2) is 6.28. The van der Waals surface area contributed by atoms with Crippen LogP contribution in [0.15, 0.2) is 48.5 Å². The van der Waals surface area contributed by atoms with E-state index in [9.17, 15) is 10.1 Å². The van der Waals surface area contributed by atoms with Crippen molar-refractivity contribution in [3.05, 3.63) is 75.3 Å². The number of nitrogens with zero attached hydrogens (tertiary/aromatic N) is 2. The second-order valence-corrected chi connectivity index (χ2v) is 5.93. The van der Waals surface area contributed by atoms with Crippen LogP contribution >= 0.6 is 0 Å². The lowest BCUT2D eigenvalue weighted by Crippen LogP contribution is -2.23. The van der Waals surface area contributed by atoms with Crippen LogP contribution in [0.3, 0.4) is 0 Å². The molecule has 1 aliphatic heterocycles. The van der Waals surface area contributed by atoms with Gasteiger partial charge in [0.25, 0.3) is 5.69 Å². The van der Waals surface area contributed by atoms with Crippen molar-refractivity contribution in [1.29, 1.82) is 0 Å². The molecule has 4 nitrogen and oxygen atoms in total. The van der Waals surface area contributed by atoms with Crippen LogP contribution in [0.2, 0.25) is 0 Å². The highest BCUT2D eigenvalue weighted by atomic mass is 16.6. The van der Waals surface area contributed by atoms with Crippen molar-refractivity contribution < 1.29 is 4.92 Å². The highest BCUT2D eigenvalue weighted by molar-refractivity contribution is 5.40. The van der Waals surface area contributed by atoms with Crippen LogP contribution in [0.5, 0.6) is 0 Å². The number of hydrogen-bond acceptors (Lipinski definition) is 3. The lowest BCUT2D eigenvalue weighted by Gasteiger charge is -2.25. The molecule has 4 heteroatoms. The van der Waals surface area contributed by atoms with Crippen molar-refractivity contribution in [2.75, 3.05) is 6.54 Å². The summed E-state index contributed by atoms with van der Waals surface area (Å²) in [6, 6.07) is 16.0. The van der Waals surface area contributed by atoms with Gasteiger partial charge in [0.05, 0.1) is 4.92 Å². The lowest BCUT2D eigenvalue weighted by atomic mass is 10.0. The Balaban J connectivity index is 1.82. The van der Waals surface area contributed by atoms with Crippen molar-refractivity contribution in [1.82, 2.24) is 4.90 Å². The fourth-order valence-corrected chi connectivity index (χ4v) is 3.22. The first-order valence-corrected chi connectivity index (χ1v) is 7.68. The third-order valence-electron chi connectivity index (χ3n) is 4.39. The molecule has 1 unspecified atom stereocenters. The molecule has 0 aliphatic carbocycles. The van der Waals surface area contributed by atoms with Gasteiger partial charge in [-0.25, -0.2) is 0 Å². The predicted octanol–water partition coefficient (Wildman–Crippen LogP) is 4.24. The number of benzene rings is 2. The minimum Gasteiger partial charge on any atom is -0.292 e. The number of hydrogen-bond donors (Lipinski definition) is 0. The maximum atomic E-state index is 11.2. The Kier molecular flexibility index (Phi) is 4.20. The third-order valence-corrected chi connectivity index (χ3v) is 4.39. The molecule has 22 heavy (non-hydrogen) atoms. The molecule has 1 atom stereocenters. The fourth-order valence-electron chi connectivity index (χ4n) is 3.22. The first-order valence-electron chi connectivity index (χ1n) is 7.68. The zero-order chi connectivity index (χ0) is 15.5. The first kappa shape index (κ1) is 14.7. The molecule has 2 aromatic rings. The van der Waals surface area contributed by atoms with Gasteiger partial charge in [-0.3, -0.25) is 15.0 Å². The SMILES string of the molecule is Cc1ccc(C2CCCN2Cc2ccccc2[N+](=O)[O-])cc1. The molecule has 3 rings (SSSR count). The van der Waals surface area contributed by atoms with Gasteiger partial charge in [-0.15, -0.1) is 0 Å². The van der Waals surface area contributed by atoms with E-state index in [0.29, 0.717) is 12.6 Å². The summed E-state index contributed by atoms with van der Waals surface area (Å²) in [4.78, 5) is 13.2. The molecule has 0 bridgehead atoms. The van der Waals surface area contributed by atoms with Crippen LogP contribution in [0.25, 0.3) is 0 Å². The van der Waals surface area contributed by atoms with Crippen LogP contribution in [-0.2, 0) is 6.54 Å². The quantitative estimate of drug-likeness (QED) is 0.626. The summed E-state index contributed by atoms with van der Waals surface area (Å²) in [6.45, 7) is 3.71. The van der Waals surface area contributed by atoms with Crippen molar-refractivity contribution in [2.45, 2.75) is 32.4 Å². The van der Waals surface area contributed by atoms with Gasteiger partial charge in [-0.05, 0) is 31.9 Å². The van der Waals surface area contributed by atoms with E-state index in [0.717, 1.165) is 24.9 Å². The van der Waals surface area contributed by atoms with Crippen molar-refractivity contribution in [3.63, 3.8) is 0 Å². The summed E-state index contributed by atoms with van der Waals surface area (Å²) in [5.41, 5.74) is 3.58. The minimum absolute atomic E-state index is 0.219.